The number of thiazole rings is 1. The molecule has 0 atom stereocenters. The van der Waals surface area contributed by atoms with Gasteiger partial charge >= 0.3 is 10.2 Å². The van der Waals surface area contributed by atoms with Crippen LogP contribution in [-0.4, -0.2) is 18.9 Å². The van der Waals surface area contributed by atoms with Crippen LogP contribution in [0.3, 0.4) is 0 Å². The summed E-state index contributed by atoms with van der Waals surface area (Å²) in [5.41, 5.74) is 0.122. The second-order valence-corrected chi connectivity index (χ2v) is 7.35. The average Bonchev–Trinajstić information content (AvgIpc) is 2.54. The zero-order valence-corrected chi connectivity index (χ0v) is 12.0. The van der Waals surface area contributed by atoms with Crippen LogP contribution in [0.15, 0.2) is 24.3 Å². The van der Waals surface area contributed by atoms with Crippen LogP contribution in [0, 0.1) is 0 Å². The predicted molar refractivity (Wildman–Crippen MR) is 75.0 cm³/mol. The van der Waals surface area contributed by atoms with Crippen LogP contribution in [0.5, 0.6) is 0 Å². The molecule has 0 fully saturated rings. The fraction of sp³-hybridized carbons (Fsp3) is 0.364. The first-order valence-corrected chi connectivity index (χ1v) is 7.70. The smallest absolute Gasteiger partial charge is 0.227 e. The van der Waals surface area contributed by atoms with E-state index >= 15 is 0 Å². The minimum absolute atomic E-state index is 0.395. The number of hydrogen-bond acceptors (Lipinski definition) is 4. The van der Waals surface area contributed by atoms with Crippen molar-refractivity contribution in [2.45, 2.75) is 26.3 Å². The molecule has 0 radical (unpaired) electrons. The Morgan fingerprint density at radius 3 is 2.39 bits per heavy atom. The second-order valence-electron chi connectivity index (χ2n) is 4.94. The third kappa shape index (κ3) is 2.47. The number of rotatable bonds is 2. The largest absolute Gasteiger partial charge is 0.301 e. The minimum atomic E-state index is -3.84. The molecule has 0 aliphatic carbocycles. The maximum absolute atomic E-state index is 11.7. The number of para-hydroxylation sites is 1. The highest BCUT2D eigenvalue weighted by atomic mass is 32.2. The van der Waals surface area contributed by atoms with Gasteiger partial charge in [-0.25, -0.2) is 14.4 Å². The molecule has 98 valence electrons. The molecule has 2 rings (SSSR count). The van der Waals surface area contributed by atoms with Crippen molar-refractivity contribution < 1.29 is 8.42 Å². The summed E-state index contributed by atoms with van der Waals surface area (Å²) in [7, 11) is -3.84. The first-order chi connectivity index (χ1) is 8.19. The summed E-state index contributed by atoms with van der Waals surface area (Å²) < 4.78 is 25.5. The van der Waals surface area contributed by atoms with E-state index in [-0.39, 0.29) is 0 Å². The predicted octanol–water partition coefficient (Wildman–Crippen LogP) is 2.10. The lowest BCUT2D eigenvalue weighted by molar-refractivity contribution is 0.536. The zero-order valence-electron chi connectivity index (χ0n) is 10.4. The van der Waals surface area contributed by atoms with E-state index in [1.165, 1.54) is 11.3 Å². The van der Waals surface area contributed by atoms with E-state index in [0.29, 0.717) is 5.13 Å². The van der Waals surface area contributed by atoms with Crippen molar-refractivity contribution in [1.29, 1.82) is 0 Å². The molecule has 7 heteroatoms. The number of nitrogens with two attached hydrogens (primary N) is 1. The number of aromatic nitrogens is 1. The summed E-state index contributed by atoms with van der Waals surface area (Å²) in [5, 5.41) is 5.68. The molecule has 0 amide bonds. The molecule has 2 N–H and O–H groups in total. The fourth-order valence-corrected chi connectivity index (χ4v) is 4.23. The molecule has 1 aromatic heterocycles. The Balaban J connectivity index is 2.63. The van der Waals surface area contributed by atoms with Gasteiger partial charge in [-0.15, -0.1) is 0 Å². The van der Waals surface area contributed by atoms with Crippen molar-refractivity contribution >= 4 is 36.9 Å². The van der Waals surface area contributed by atoms with Crippen LogP contribution in [0.1, 0.15) is 20.8 Å². The van der Waals surface area contributed by atoms with Crippen LogP contribution in [0.2, 0.25) is 0 Å². The topological polar surface area (TPSA) is 76.3 Å². The van der Waals surface area contributed by atoms with E-state index in [1.807, 2.05) is 24.3 Å². The van der Waals surface area contributed by atoms with Gasteiger partial charge < -0.3 is 0 Å². The number of benzene rings is 1. The van der Waals surface area contributed by atoms with Crippen molar-refractivity contribution in [3.8, 4) is 0 Å². The van der Waals surface area contributed by atoms with Gasteiger partial charge in [0.25, 0.3) is 0 Å². The average molecular weight is 285 g/mol. The van der Waals surface area contributed by atoms with Gasteiger partial charge in [0.15, 0.2) is 0 Å². The molecule has 18 heavy (non-hydrogen) atoms. The normalized spacial score (nSPS) is 12.9. The standard InChI is InChI=1S/C11H15N3O2S2/c1-11(2,3)14(18(12,15)16)10-13-8-6-4-5-7-9(8)17-10/h4-7H,1-3H3,(H2,12,15,16). The van der Waals surface area contributed by atoms with Crippen LogP contribution in [0.25, 0.3) is 10.2 Å². The van der Waals surface area contributed by atoms with Crippen molar-refractivity contribution in [3.63, 3.8) is 0 Å². The Labute approximate surface area is 110 Å². The molecule has 2 aromatic rings. The van der Waals surface area contributed by atoms with Crippen molar-refractivity contribution in [2.24, 2.45) is 5.14 Å². The Hall–Kier alpha value is -1.18. The summed E-state index contributed by atoms with van der Waals surface area (Å²) in [4.78, 5) is 4.33. The van der Waals surface area contributed by atoms with Gasteiger partial charge in [-0.2, -0.15) is 8.42 Å². The third-order valence-electron chi connectivity index (χ3n) is 2.32. The number of anilines is 1. The number of hydrogen-bond donors (Lipinski definition) is 1. The first kappa shape index (κ1) is 13.3. The van der Waals surface area contributed by atoms with E-state index in [1.54, 1.807) is 20.8 Å². The summed E-state index contributed by atoms with van der Waals surface area (Å²) >= 11 is 1.31. The lowest BCUT2D eigenvalue weighted by Gasteiger charge is -2.32. The van der Waals surface area contributed by atoms with Crippen LogP contribution in [-0.2, 0) is 10.2 Å². The first-order valence-electron chi connectivity index (χ1n) is 5.38. The molecule has 0 unspecified atom stereocenters. The maximum Gasteiger partial charge on any atom is 0.301 e. The summed E-state index contributed by atoms with van der Waals surface area (Å²) in [5.74, 6) is 0. The molecule has 0 bridgehead atoms. The van der Waals surface area contributed by atoms with Gasteiger partial charge in [-0.1, -0.05) is 23.5 Å². The Bertz CT molecular complexity index is 638. The third-order valence-corrected chi connectivity index (χ3v) is 4.69. The molecule has 1 aromatic carbocycles. The fourth-order valence-electron chi connectivity index (χ4n) is 1.72. The van der Waals surface area contributed by atoms with Gasteiger partial charge in [0.05, 0.1) is 15.8 Å². The van der Waals surface area contributed by atoms with E-state index < -0.39 is 15.7 Å². The number of nitrogens with zero attached hydrogens (tertiary/aromatic N) is 2. The molecule has 5 nitrogen and oxygen atoms in total. The molecular formula is C11H15N3O2S2. The van der Waals surface area contributed by atoms with Crippen LogP contribution < -0.4 is 9.44 Å². The minimum Gasteiger partial charge on any atom is -0.227 e. The summed E-state index contributed by atoms with van der Waals surface area (Å²) in [6.45, 7) is 5.34. The molecule has 0 aliphatic heterocycles. The van der Waals surface area contributed by atoms with Gasteiger partial charge in [-0.3, -0.25) is 0 Å². The van der Waals surface area contributed by atoms with Gasteiger partial charge in [0.2, 0.25) is 5.13 Å². The maximum atomic E-state index is 11.7. The lowest BCUT2D eigenvalue weighted by atomic mass is 10.1. The highest BCUT2D eigenvalue weighted by Gasteiger charge is 2.32. The van der Waals surface area contributed by atoms with Crippen molar-refractivity contribution in [1.82, 2.24) is 4.98 Å². The Morgan fingerprint density at radius 2 is 1.89 bits per heavy atom. The summed E-state index contributed by atoms with van der Waals surface area (Å²) in [6, 6.07) is 7.51. The second kappa shape index (κ2) is 4.18. The van der Waals surface area contributed by atoms with E-state index in [0.717, 1.165) is 14.5 Å². The molecule has 0 saturated carbocycles. The van der Waals surface area contributed by atoms with Gasteiger partial charge in [0, 0.05) is 0 Å². The van der Waals surface area contributed by atoms with E-state index in [4.69, 9.17) is 5.14 Å². The summed E-state index contributed by atoms with van der Waals surface area (Å²) in [6.07, 6.45) is 0. The lowest BCUT2D eigenvalue weighted by Crippen LogP contribution is -2.49. The van der Waals surface area contributed by atoms with E-state index in [9.17, 15) is 8.42 Å². The van der Waals surface area contributed by atoms with E-state index in [2.05, 4.69) is 4.98 Å². The van der Waals surface area contributed by atoms with Crippen LogP contribution >= 0.6 is 11.3 Å². The Morgan fingerprint density at radius 1 is 1.28 bits per heavy atom. The highest BCUT2D eigenvalue weighted by Crippen LogP contribution is 2.33. The van der Waals surface area contributed by atoms with Gasteiger partial charge in [-0.05, 0) is 32.9 Å². The Kier molecular flexibility index (Phi) is 3.08. The van der Waals surface area contributed by atoms with Crippen molar-refractivity contribution in [2.75, 3.05) is 4.31 Å². The molecule has 0 saturated heterocycles. The molecule has 0 aliphatic rings. The molecule has 0 spiro atoms. The quantitative estimate of drug-likeness (QED) is 0.918. The highest BCUT2D eigenvalue weighted by molar-refractivity contribution is 7.90. The number of fused-ring (bicyclic) bond motifs is 1. The zero-order chi connectivity index (χ0) is 13.6. The monoisotopic (exact) mass is 285 g/mol. The van der Waals surface area contributed by atoms with Crippen LogP contribution in [0.4, 0.5) is 5.13 Å². The SMILES string of the molecule is CC(C)(C)N(c1nc2ccccc2s1)S(N)(=O)=O. The van der Waals surface area contributed by atoms with Gasteiger partial charge in [0.1, 0.15) is 0 Å². The molecular weight excluding hydrogens is 270 g/mol. The molecule has 1 heterocycles. The van der Waals surface area contributed by atoms with Crippen molar-refractivity contribution in [3.05, 3.63) is 24.3 Å².